The van der Waals surface area contributed by atoms with Gasteiger partial charge in [0.15, 0.2) is 0 Å². The summed E-state index contributed by atoms with van der Waals surface area (Å²) in [6.07, 6.45) is 5.32. The van der Waals surface area contributed by atoms with Gasteiger partial charge in [-0.1, -0.05) is 19.3 Å². The average Bonchev–Trinajstić information content (AvgIpc) is 2.83. The van der Waals surface area contributed by atoms with E-state index in [0.717, 1.165) is 36.3 Å². The minimum Gasteiger partial charge on any atom is -0.497 e. The highest BCUT2D eigenvalue weighted by Crippen LogP contribution is 2.42. The zero-order valence-electron chi connectivity index (χ0n) is 10.6. The van der Waals surface area contributed by atoms with Crippen LogP contribution in [-0.4, -0.2) is 12.2 Å². The Bertz CT molecular complexity index is 553. The Morgan fingerprint density at radius 2 is 1.94 bits per heavy atom. The van der Waals surface area contributed by atoms with E-state index in [1.54, 1.807) is 18.4 Å². The fourth-order valence-electron chi connectivity index (χ4n) is 2.75. The predicted octanol–water partition coefficient (Wildman–Crippen LogP) is 4.06. The van der Waals surface area contributed by atoms with Crippen LogP contribution in [0.2, 0.25) is 0 Å². The summed E-state index contributed by atoms with van der Waals surface area (Å²) in [6.45, 7) is 0. The average molecular weight is 262 g/mol. The van der Waals surface area contributed by atoms with Crippen molar-refractivity contribution in [2.75, 3.05) is 7.11 Å². The summed E-state index contributed by atoms with van der Waals surface area (Å²) in [5.41, 5.74) is -0.588. The first-order chi connectivity index (χ1) is 8.71. The summed E-state index contributed by atoms with van der Waals surface area (Å²) in [5.74, 6) is 0.881. The normalized spacial score (nSPS) is 19.0. The molecular weight excluding hydrogens is 244 g/mol. The molecule has 1 aromatic heterocycles. The number of fused-ring (bicyclic) bond motifs is 1. The van der Waals surface area contributed by atoms with Crippen LogP contribution < -0.4 is 4.74 Å². The third kappa shape index (κ3) is 2.02. The van der Waals surface area contributed by atoms with Gasteiger partial charge in [0.25, 0.3) is 0 Å². The zero-order valence-corrected chi connectivity index (χ0v) is 11.4. The van der Waals surface area contributed by atoms with Gasteiger partial charge in [0, 0.05) is 9.58 Å². The summed E-state index contributed by atoms with van der Waals surface area (Å²) in [5, 5.41) is 12.0. The zero-order chi connectivity index (χ0) is 12.6. The molecule has 1 heterocycles. The van der Waals surface area contributed by atoms with Crippen molar-refractivity contribution in [1.82, 2.24) is 0 Å². The molecule has 3 heteroatoms. The number of thiophene rings is 1. The molecule has 1 aliphatic carbocycles. The van der Waals surface area contributed by atoms with Gasteiger partial charge in [0.05, 0.1) is 12.7 Å². The molecule has 0 bridgehead atoms. The van der Waals surface area contributed by atoms with Crippen LogP contribution in [0, 0.1) is 0 Å². The van der Waals surface area contributed by atoms with E-state index in [0.29, 0.717) is 0 Å². The van der Waals surface area contributed by atoms with Crippen molar-refractivity contribution < 1.29 is 9.84 Å². The summed E-state index contributed by atoms with van der Waals surface area (Å²) in [7, 11) is 1.68. The van der Waals surface area contributed by atoms with Crippen molar-refractivity contribution >= 4 is 21.4 Å². The van der Waals surface area contributed by atoms with Gasteiger partial charge in [-0.2, -0.15) is 0 Å². The van der Waals surface area contributed by atoms with Crippen molar-refractivity contribution in [1.29, 1.82) is 0 Å². The van der Waals surface area contributed by atoms with Crippen molar-refractivity contribution in [2.24, 2.45) is 0 Å². The number of benzene rings is 1. The van der Waals surface area contributed by atoms with E-state index in [9.17, 15) is 5.11 Å². The molecule has 0 atom stereocenters. The van der Waals surface area contributed by atoms with E-state index in [2.05, 4.69) is 18.2 Å². The minimum atomic E-state index is -0.588. The topological polar surface area (TPSA) is 29.5 Å². The predicted molar refractivity (Wildman–Crippen MR) is 75.4 cm³/mol. The van der Waals surface area contributed by atoms with E-state index in [-0.39, 0.29) is 0 Å². The minimum absolute atomic E-state index is 0.588. The van der Waals surface area contributed by atoms with Gasteiger partial charge in [-0.3, -0.25) is 0 Å². The first-order valence-electron chi connectivity index (χ1n) is 6.52. The molecule has 1 saturated carbocycles. The van der Waals surface area contributed by atoms with Crippen LogP contribution in [0.5, 0.6) is 5.75 Å². The molecule has 1 aliphatic rings. The summed E-state index contributed by atoms with van der Waals surface area (Å²) in [4.78, 5) is 1.12. The number of hydrogen-bond acceptors (Lipinski definition) is 3. The Morgan fingerprint density at radius 1 is 1.17 bits per heavy atom. The second kappa shape index (κ2) is 4.56. The molecule has 1 fully saturated rings. The van der Waals surface area contributed by atoms with Crippen LogP contribution >= 0.6 is 11.3 Å². The van der Waals surface area contributed by atoms with Crippen molar-refractivity contribution in [2.45, 2.75) is 37.7 Å². The maximum atomic E-state index is 10.7. The maximum absolute atomic E-state index is 10.7. The Hall–Kier alpha value is -1.06. The van der Waals surface area contributed by atoms with Crippen LogP contribution in [0.1, 0.15) is 37.0 Å². The third-order valence-electron chi connectivity index (χ3n) is 3.87. The van der Waals surface area contributed by atoms with Crippen LogP contribution in [0.15, 0.2) is 24.3 Å². The van der Waals surface area contributed by atoms with Crippen molar-refractivity contribution in [3.05, 3.63) is 29.1 Å². The van der Waals surface area contributed by atoms with E-state index in [1.807, 2.05) is 6.07 Å². The molecule has 0 aliphatic heterocycles. The Labute approximate surface area is 111 Å². The molecule has 0 radical (unpaired) electrons. The number of ether oxygens (including phenoxy) is 1. The molecule has 96 valence electrons. The van der Waals surface area contributed by atoms with Gasteiger partial charge in [0.1, 0.15) is 5.75 Å². The molecule has 0 unspecified atom stereocenters. The molecule has 1 N–H and O–H groups in total. The molecule has 18 heavy (non-hydrogen) atoms. The van der Waals surface area contributed by atoms with Crippen molar-refractivity contribution in [3.63, 3.8) is 0 Å². The summed E-state index contributed by atoms with van der Waals surface area (Å²) in [6, 6.07) is 8.24. The molecular formula is C15H18O2S. The smallest absolute Gasteiger partial charge is 0.120 e. The lowest BCUT2D eigenvalue weighted by Gasteiger charge is -2.30. The molecule has 1 aromatic carbocycles. The van der Waals surface area contributed by atoms with Crippen LogP contribution in [0.4, 0.5) is 0 Å². The van der Waals surface area contributed by atoms with Gasteiger partial charge in [-0.15, -0.1) is 11.3 Å². The van der Waals surface area contributed by atoms with Gasteiger partial charge in [0.2, 0.25) is 0 Å². The number of methoxy groups -OCH3 is 1. The first-order valence-corrected chi connectivity index (χ1v) is 7.33. The second-order valence-corrected chi connectivity index (χ2v) is 6.19. The quantitative estimate of drug-likeness (QED) is 0.884. The number of hydrogen-bond donors (Lipinski definition) is 1. The Kier molecular flexibility index (Phi) is 3.04. The fraction of sp³-hybridized carbons (Fsp3) is 0.467. The van der Waals surface area contributed by atoms with E-state index in [1.165, 1.54) is 16.5 Å². The molecule has 0 spiro atoms. The molecule has 0 amide bonds. The Balaban J connectivity index is 2.02. The van der Waals surface area contributed by atoms with E-state index < -0.39 is 5.60 Å². The first kappa shape index (κ1) is 12.0. The lowest BCUT2D eigenvalue weighted by atomic mass is 9.84. The van der Waals surface area contributed by atoms with Gasteiger partial charge < -0.3 is 9.84 Å². The SMILES string of the molecule is COc1ccc2cc(C3(O)CCCCC3)sc2c1. The highest BCUT2D eigenvalue weighted by atomic mass is 32.1. The summed E-state index contributed by atoms with van der Waals surface area (Å²) >= 11 is 1.70. The molecule has 2 nitrogen and oxygen atoms in total. The van der Waals surface area contributed by atoms with Crippen LogP contribution in [0.3, 0.4) is 0 Å². The lowest BCUT2D eigenvalue weighted by molar-refractivity contribution is 0.00290. The highest BCUT2D eigenvalue weighted by molar-refractivity contribution is 7.19. The second-order valence-electron chi connectivity index (χ2n) is 5.11. The molecule has 0 saturated heterocycles. The molecule has 3 rings (SSSR count). The third-order valence-corrected chi connectivity index (χ3v) is 5.16. The number of aliphatic hydroxyl groups is 1. The van der Waals surface area contributed by atoms with Crippen LogP contribution in [-0.2, 0) is 5.60 Å². The fourth-order valence-corrected chi connectivity index (χ4v) is 3.99. The summed E-state index contributed by atoms with van der Waals surface area (Å²) < 4.78 is 6.44. The monoisotopic (exact) mass is 262 g/mol. The van der Waals surface area contributed by atoms with E-state index in [4.69, 9.17) is 4.74 Å². The van der Waals surface area contributed by atoms with Gasteiger partial charge >= 0.3 is 0 Å². The number of rotatable bonds is 2. The highest BCUT2D eigenvalue weighted by Gasteiger charge is 2.32. The standard InChI is InChI=1S/C15H18O2S/c1-17-12-6-5-11-9-14(18-13(11)10-12)15(16)7-3-2-4-8-15/h5-6,9-10,16H,2-4,7-8H2,1H3. The largest absolute Gasteiger partial charge is 0.497 e. The molecule has 2 aromatic rings. The van der Waals surface area contributed by atoms with E-state index >= 15 is 0 Å². The Morgan fingerprint density at radius 3 is 2.67 bits per heavy atom. The van der Waals surface area contributed by atoms with Crippen LogP contribution in [0.25, 0.3) is 10.1 Å². The van der Waals surface area contributed by atoms with Crippen molar-refractivity contribution in [3.8, 4) is 5.75 Å². The lowest BCUT2D eigenvalue weighted by Crippen LogP contribution is -2.27. The maximum Gasteiger partial charge on any atom is 0.120 e. The van der Waals surface area contributed by atoms with Gasteiger partial charge in [-0.05, 0) is 42.5 Å². The van der Waals surface area contributed by atoms with Gasteiger partial charge in [-0.25, -0.2) is 0 Å².